The Bertz CT molecular complexity index is 1530. The van der Waals surface area contributed by atoms with Gasteiger partial charge in [0.25, 0.3) is 0 Å². The van der Waals surface area contributed by atoms with E-state index in [9.17, 15) is 0 Å². The summed E-state index contributed by atoms with van der Waals surface area (Å²) in [6.07, 6.45) is 0. The van der Waals surface area contributed by atoms with Crippen LogP contribution in [0.3, 0.4) is 0 Å². The van der Waals surface area contributed by atoms with Crippen molar-refractivity contribution >= 4 is 34.2 Å². The molecule has 0 saturated carbocycles. The largest absolute Gasteiger partial charge is 0.488 e. The molecule has 9 heteroatoms. The molecule has 0 fully saturated rings. The van der Waals surface area contributed by atoms with Crippen LogP contribution in [0.1, 0.15) is 16.7 Å². The third-order valence-electron chi connectivity index (χ3n) is 5.98. The standard InChI is InChI=1S/C29H25Cl2N3O4/c30-24-14-22(16-32-11-12-35)27(36-17-19-9-10-25-26(13-19)34-38-33-25)15-28(24)37-18-21-7-4-8-23(29(21)31)20-5-2-1-3-6-20/h1-10,13-15,32,35H,11-12,16-18H2. The monoisotopic (exact) mass is 549 g/mol. The first-order chi connectivity index (χ1) is 18.6. The van der Waals surface area contributed by atoms with Gasteiger partial charge in [0.05, 0.1) is 16.7 Å². The molecule has 5 rings (SSSR count). The van der Waals surface area contributed by atoms with Crippen molar-refractivity contribution in [2.75, 3.05) is 13.2 Å². The molecule has 5 aromatic rings. The fraction of sp³-hybridized carbons (Fsp3) is 0.172. The molecule has 1 heterocycles. The number of hydrogen-bond acceptors (Lipinski definition) is 7. The Labute approximate surface area is 229 Å². The molecule has 0 unspecified atom stereocenters. The zero-order chi connectivity index (χ0) is 26.3. The fourth-order valence-corrected chi connectivity index (χ4v) is 4.56. The van der Waals surface area contributed by atoms with E-state index in [1.807, 2.05) is 72.8 Å². The molecule has 194 valence electrons. The third kappa shape index (κ3) is 6.09. The van der Waals surface area contributed by atoms with E-state index in [1.165, 1.54) is 0 Å². The van der Waals surface area contributed by atoms with Crippen molar-refractivity contribution in [2.45, 2.75) is 19.8 Å². The number of nitrogens with zero attached hydrogens (tertiary/aromatic N) is 2. The highest BCUT2D eigenvalue weighted by molar-refractivity contribution is 6.34. The van der Waals surface area contributed by atoms with Crippen LogP contribution < -0.4 is 14.8 Å². The first kappa shape index (κ1) is 26.0. The van der Waals surface area contributed by atoms with Crippen LogP contribution in [0.25, 0.3) is 22.2 Å². The summed E-state index contributed by atoms with van der Waals surface area (Å²) in [5.41, 5.74) is 5.90. The zero-order valence-corrected chi connectivity index (χ0v) is 21.9. The van der Waals surface area contributed by atoms with Crippen LogP contribution in [0.5, 0.6) is 11.5 Å². The van der Waals surface area contributed by atoms with Crippen molar-refractivity contribution in [1.29, 1.82) is 0 Å². The highest BCUT2D eigenvalue weighted by Gasteiger charge is 2.14. The van der Waals surface area contributed by atoms with Crippen LogP contribution in [-0.4, -0.2) is 28.6 Å². The van der Waals surface area contributed by atoms with Crippen LogP contribution in [0.4, 0.5) is 0 Å². The zero-order valence-electron chi connectivity index (χ0n) is 20.4. The van der Waals surface area contributed by atoms with Crippen LogP contribution >= 0.6 is 23.2 Å². The molecule has 0 aliphatic carbocycles. The van der Waals surface area contributed by atoms with E-state index in [2.05, 4.69) is 15.6 Å². The molecule has 0 saturated heterocycles. The normalized spacial score (nSPS) is 11.1. The van der Waals surface area contributed by atoms with Crippen molar-refractivity contribution in [3.8, 4) is 22.6 Å². The molecule has 7 nitrogen and oxygen atoms in total. The van der Waals surface area contributed by atoms with Gasteiger partial charge in [-0.25, -0.2) is 4.63 Å². The molecular weight excluding hydrogens is 525 g/mol. The lowest BCUT2D eigenvalue weighted by Crippen LogP contribution is -2.18. The number of aliphatic hydroxyl groups is 1. The number of hydrogen-bond donors (Lipinski definition) is 2. The summed E-state index contributed by atoms with van der Waals surface area (Å²) in [5, 5.41) is 21.1. The number of rotatable bonds is 11. The third-order valence-corrected chi connectivity index (χ3v) is 6.72. The van der Waals surface area contributed by atoms with Crippen molar-refractivity contribution in [3.05, 3.63) is 106 Å². The Morgan fingerprint density at radius 1 is 0.789 bits per heavy atom. The van der Waals surface area contributed by atoms with E-state index in [0.717, 1.165) is 27.8 Å². The van der Waals surface area contributed by atoms with Gasteiger partial charge in [0.1, 0.15) is 35.7 Å². The minimum Gasteiger partial charge on any atom is -0.488 e. The minimum atomic E-state index is 0.0275. The number of nitrogens with one attached hydrogen (secondary N) is 1. The van der Waals surface area contributed by atoms with Gasteiger partial charge < -0.3 is 19.9 Å². The lowest BCUT2D eigenvalue weighted by Gasteiger charge is -2.17. The first-order valence-electron chi connectivity index (χ1n) is 12.1. The van der Waals surface area contributed by atoms with Crippen molar-refractivity contribution in [3.63, 3.8) is 0 Å². The van der Waals surface area contributed by atoms with E-state index in [1.54, 1.807) is 6.07 Å². The first-order valence-corrected chi connectivity index (χ1v) is 12.8. The quantitative estimate of drug-likeness (QED) is 0.183. The number of ether oxygens (including phenoxy) is 2. The summed E-state index contributed by atoms with van der Waals surface area (Å²) in [6.45, 7) is 1.46. The molecule has 0 amide bonds. The van der Waals surface area contributed by atoms with E-state index >= 15 is 0 Å². The van der Waals surface area contributed by atoms with E-state index in [-0.39, 0.29) is 13.2 Å². The van der Waals surface area contributed by atoms with Gasteiger partial charge in [-0.3, -0.25) is 0 Å². The second kappa shape index (κ2) is 12.3. The topological polar surface area (TPSA) is 89.6 Å². The van der Waals surface area contributed by atoms with Gasteiger partial charge in [-0.15, -0.1) is 0 Å². The molecule has 4 aromatic carbocycles. The fourth-order valence-electron chi connectivity index (χ4n) is 4.03. The predicted octanol–water partition coefficient (Wildman–Crippen LogP) is 6.44. The molecule has 0 aliphatic heterocycles. The molecule has 0 spiro atoms. The van der Waals surface area contributed by atoms with Crippen molar-refractivity contribution in [2.24, 2.45) is 0 Å². The summed E-state index contributed by atoms with van der Waals surface area (Å²) < 4.78 is 17.1. The van der Waals surface area contributed by atoms with Gasteiger partial charge in [0.2, 0.25) is 0 Å². The number of halogens is 2. The summed E-state index contributed by atoms with van der Waals surface area (Å²) in [7, 11) is 0. The molecule has 2 N–H and O–H groups in total. The van der Waals surface area contributed by atoms with Crippen molar-refractivity contribution in [1.82, 2.24) is 15.6 Å². The average molecular weight is 550 g/mol. The van der Waals surface area contributed by atoms with E-state index in [0.29, 0.717) is 52.3 Å². The highest BCUT2D eigenvalue weighted by atomic mass is 35.5. The lowest BCUT2D eigenvalue weighted by molar-refractivity contribution is 0.283. The second-order valence-electron chi connectivity index (χ2n) is 8.60. The van der Waals surface area contributed by atoms with Crippen LogP contribution in [0, 0.1) is 0 Å². The number of aromatic nitrogens is 2. The van der Waals surface area contributed by atoms with Gasteiger partial charge in [-0.2, -0.15) is 0 Å². The van der Waals surface area contributed by atoms with Gasteiger partial charge >= 0.3 is 0 Å². The summed E-state index contributed by atoms with van der Waals surface area (Å²) in [4.78, 5) is 0. The second-order valence-corrected chi connectivity index (χ2v) is 9.39. The lowest BCUT2D eigenvalue weighted by atomic mass is 10.0. The summed E-state index contributed by atoms with van der Waals surface area (Å²) in [5.74, 6) is 1.09. The van der Waals surface area contributed by atoms with Crippen LogP contribution in [0.15, 0.2) is 83.5 Å². The van der Waals surface area contributed by atoms with Crippen molar-refractivity contribution < 1.29 is 19.2 Å². The SMILES string of the molecule is OCCNCc1cc(Cl)c(OCc2cccc(-c3ccccc3)c2Cl)cc1OCc1ccc2nonc2c1. The minimum absolute atomic E-state index is 0.0275. The smallest absolute Gasteiger partial charge is 0.142 e. The molecule has 0 aliphatic rings. The van der Waals surface area contributed by atoms with E-state index < -0.39 is 0 Å². The molecule has 1 aromatic heterocycles. The summed E-state index contributed by atoms with van der Waals surface area (Å²) >= 11 is 13.3. The van der Waals surface area contributed by atoms with Gasteiger partial charge in [0.15, 0.2) is 0 Å². The highest BCUT2D eigenvalue weighted by Crippen LogP contribution is 2.36. The van der Waals surface area contributed by atoms with Gasteiger partial charge in [-0.1, -0.05) is 77.8 Å². The Kier molecular flexibility index (Phi) is 8.41. The molecule has 38 heavy (non-hydrogen) atoms. The Morgan fingerprint density at radius 3 is 2.45 bits per heavy atom. The van der Waals surface area contributed by atoms with E-state index in [4.69, 9.17) is 42.4 Å². The maximum atomic E-state index is 9.16. The molecule has 0 atom stereocenters. The number of benzene rings is 4. The van der Waals surface area contributed by atoms with Crippen LogP contribution in [0.2, 0.25) is 10.0 Å². The Hall–Kier alpha value is -3.62. The molecule has 0 radical (unpaired) electrons. The Morgan fingerprint density at radius 2 is 1.61 bits per heavy atom. The summed E-state index contributed by atoms with van der Waals surface area (Å²) in [6, 6.07) is 25.0. The number of fused-ring (bicyclic) bond motifs is 1. The number of aliphatic hydroxyl groups excluding tert-OH is 1. The molecular formula is C29H25Cl2N3O4. The molecule has 0 bridgehead atoms. The van der Waals surface area contributed by atoms with Gasteiger partial charge in [0, 0.05) is 35.8 Å². The predicted molar refractivity (Wildman–Crippen MR) is 148 cm³/mol. The maximum Gasteiger partial charge on any atom is 0.142 e. The average Bonchev–Trinajstić information content (AvgIpc) is 3.41. The van der Waals surface area contributed by atoms with Crippen LogP contribution in [-0.2, 0) is 19.8 Å². The Balaban J connectivity index is 1.36. The van der Waals surface area contributed by atoms with Gasteiger partial charge in [-0.05, 0) is 39.6 Å². The maximum absolute atomic E-state index is 9.16.